The quantitative estimate of drug-likeness (QED) is 0.383. The predicted molar refractivity (Wildman–Crippen MR) is 125 cm³/mol. The van der Waals surface area contributed by atoms with Gasteiger partial charge in [-0.3, -0.25) is 0 Å². The normalized spacial score (nSPS) is 11.2. The Morgan fingerprint density at radius 3 is 2.54 bits per heavy atom. The van der Waals surface area contributed by atoms with Gasteiger partial charge in [0, 0.05) is 17.0 Å². The van der Waals surface area contributed by atoms with E-state index in [-0.39, 0.29) is 23.0 Å². The van der Waals surface area contributed by atoms with Crippen molar-refractivity contribution in [2.75, 3.05) is 14.2 Å². The van der Waals surface area contributed by atoms with E-state index in [2.05, 4.69) is 16.2 Å². The highest BCUT2D eigenvalue weighted by molar-refractivity contribution is 6.01. The molecule has 0 atom stereocenters. The van der Waals surface area contributed by atoms with E-state index in [1.807, 2.05) is 0 Å². The van der Waals surface area contributed by atoms with Crippen molar-refractivity contribution < 1.29 is 28.3 Å². The maximum absolute atomic E-state index is 13.3. The van der Waals surface area contributed by atoms with Gasteiger partial charge in [0.05, 0.1) is 30.9 Å². The number of fused-ring (bicyclic) bond motifs is 1. The summed E-state index contributed by atoms with van der Waals surface area (Å²) in [6.45, 7) is 5.21. The molecule has 0 aliphatic carbocycles. The second kappa shape index (κ2) is 8.95. The number of ether oxygens (including phenoxy) is 3. The van der Waals surface area contributed by atoms with Crippen molar-refractivity contribution >= 4 is 23.0 Å². The fourth-order valence-corrected chi connectivity index (χ4v) is 3.55. The van der Waals surface area contributed by atoms with Crippen LogP contribution in [0.25, 0.3) is 33.9 Å². The van der Waals surface area contributed by atoms with Gasteiger partial charge in [-0.25, -0.2) is 14.2 Å². The molecular formula is C25H22N4O6. The summed E-state index contributed by atoms with van der Waals surface area (Å²) in [5.74, 6) is 0.0669. The number of hydrogen-bond acceptors (Lipinski definition) is 9. The van der Waals surface area contributed by atoms with E-state index in [9.17, 15) is 14.9 Å². The zero-order chi connectivity index (χ0) is 25.3. The summed E-state index contributed by atoms with van der Waals surface area (Å²) in [6, 6.07) is 13.6. The summed E-state index contributed by atoms with van der Waals surface area (Å²) in [7, 11) is 2.79. The molecule has 2 aromatic carbocycles. The lowest BCUT2D eigenvalue weighted by Crippen LogP contribution is -2.27. The summed E-state index contributed by atoms with van der Waals surface area (Å²) in [5.41, 5.74) is 0.634. The maximum Gasteiger partial charge on any atom is 0.419 e. The van der Waals surface area contributed by atoms with Crippen molar-refractivity contribution in [3.8, 4) is 34.8 Å². The van der Waals surface area contributed by atoms with Crippen LogP contribution in [0.1, 0.15) is 36.7 Å². The average molecular weight is 474 g/mol. The molecule has 10 nitrogen and oxygen atoms in total. The molecular weight excluding hydrogens is 452 g/mol. The fourth-order valence-electron chi connectivity index (χ4n) is 3.55. The highest BCUT2D eigenvalue weighted by Gasteiger charge is 2.30. The van der Waals surface area contributed by atoms with Gasteiger partial charge in [-0.05, 0) is 45.0 Å². The smallest absolute Gasteiger partial charge is 0.419 e. The van der Waals surface area contributed by atoms with Crippen LogP contribution in [0.3, 0.4) is 0 Å². The maximum atomic E-state index is 13.3. The molecule has 0 spiro atoms. The van der Waals surface area contributed by atoms with Crippen molar-refractivity contribution in [1.29, 1.82) is 5.26 Å². The summed E-state index contributed by atoms with van der Waals surface area (Å²) in [5, 5.41) is 14.5. The minimum Gasteiger partial charge on any atom is -0.497 e. The van der Waals surface area contributed by atoms with Gasteiger partial charge in [0.1, 0.15) is 23.1 Å². The van der Waals surface area contributed by atoms with Gasteiger partial charge in [-0.2, -0.15) is 10.2 Å². The molecule has 2 aromatic heterocycles. The lowest BCUT2D eigenvalue weighted by atomic mass is 10.1. The molecule has 0 radical (unpaired) electrons. The van der Waals surface area contributed by atoms with Gasteiger partial charge in [0.2, 0.25) is 5.82 Å². The Kier molecular flexibility index (Phi) is 6.01. The summed E-state index contributed by atoms with van der Waals surface area (Å²) in [4.78, 5) is 29.6. The van der Waals surface area contributed by atoms with Crippen LogP contribution >= 0.6 is 0 Å². The highest BCUT2D eigenvalue weighted by atomic mass is 16.6. The van der Waals surface area contributed by atoms with Gasteiger partial charge in [0.15, 0.2) is 0 Å². The van der Waals surface area contributed by atoms with Gasteiger partial charge in [0.25, 0.3) is 5.89 Å². The molecule has 2 heterocycles. The van der Waals surface area contributed by atoms with Crippen molar-refractivity contribution in [3.63, 3.8) is 0 Å². The summed E-state index contributed by atoms with van der Waals surface area (Å²) >= 11 is 0. The molecule has 178 valence electrons. The Morgan fingerprint density at radius 2 is 1.89 bits per heavy atom. The molecule has 0 N–H and O–H groups in total. The van der Waals surface area contributed by atoms with Gasteiger partial charge in [-0.15, -0.1) is 0 Å². The number of nitrogens with zero attached hydrogens (tertiary/aromatic N) is 4. The standard InChI is InChI=1S/C25H22N4O6/c1-25(2,3)34-24(31)29-19-12-16(32-4)9-10-17(19)18(13-26)20(29)22-27-21(28-35-22)14-7-6-8-15(11-14)23(30)33-5/h6-12H,1-5H3. The number of aromatic nitrogens is 3. The van der Waals surface area contributed by atoms with E-state index in [1.165, 1.54) is 18.8 Å². The zero-order valence-electron chi connectivity index (χ0n) is 19.8. The first-order chi connectivity index (χ1) is 16.7. The van der Waals surface area contributed by atoms with Crippen LogP contribution in [0, 0.1) is 11.3 Å². The Labute approximate surface area is 200 Å². The van der Waals surface area contributed by atoms with E-state index in [1.54, 1.807) is 63.2 Å². The minimum atomic E-state index is -0.801. The van der Waals surface area contributed by atoms with E-state index >= 15 is 0 Å². The lowest BCUT2D eigenvalue weighted by molar-refractivity contribution is 0.0544. The second-order valence-electron chi connectivity index (χ2n) is 8.53. The Balaban J connectivity index is 1.92. The molecule has 0 saturated carbocycles. The molecule has 0 aliphatic rings. The SMILES string of the molecule is COC(=O)c1cccc(-c2noc(-c3c(C#N)c4ccc(OC)cc4n3C(=O)OC(C)(C)C)n2)c1. The van der Waals surface area contributed by atoms with Crippen LogP contribution in [0.4, 0.5) is 4.79 Å². The molecule has 0 fully saturated rings. The van der Waals surface area contributed by atoms with Crippen LogP contribution in [-0.2, 0) is 9.47 Å². The third-order valence-electron chi connectivity index (χ3n) is 5.03. The van der Waals surface area contributed by atoms with Crippen molar-refractivity contribution in [2.45, 2.75) is 26.4 Å². The number of carbonyl (C=O) groups excluding carboxylic acids is 2. The highest BCUT2D eigenvalue weighted by Crippen LogP contribution is 2.36. The summed E-state index contributed by atoms with van der Waals surface area (Å²) < 4.78 is 22.4. The van der Waals surface area contributed by atoms with Crippen LogP contribution in [0.15, 0.2) is 47.0 Å². The van der Waals surface area contributed by atoms with E-state index in [0.29, 0.717) is 27.8 Å². The number of nitriles is 1. The van der Waals surface area contributed by atoms with E-state index < -0.39 is 17.7 Å². The second-order valence-corrected chi connectivity index (χ2v) is 8.53. The van der Waals surface area contributed by atoms with Crippen LogP contribution in [-0.4, -0.2) is 46.6 Å². The van der Waals surface area contributed by atoms with Gasteiger partial charge < -0.3 is 18.7 Å². The molecule has 0 saturated heterocycles. The first-order valence-electron chi connectivity index (χ1n) is 10.6. The number of hydrogen-bond donors (Lipinski definition) is 0. The van der Waals surface area contributed by atoms with Crippen LogP contribution < -0.4 is 4.74 Å². The first-order valence-corrected chi connectivity index (χ1v) is 10.6. The van der Waals surface area contributed by atoms with E-state index in [0.717, 1.165) is 0 Å². The Hall–Kier alpha value is -4.65. The predicted octanol–water partition coefficient (Wildman–Crippen LogP) is 4.81. The Morgan fingerprint density at radius 1 is 1.11 bits per heavy atom. The molecule has 0 bridgehead atoms. The molecule has 4 aromatic rings. The van der Waals surface area contributed by atoms with Crippen LogP contribution in [0.5, 0.6) is 5.75 Å². The topological polar surface area (TPSA) is 129 Å². The van der Waals surface area contributed by atoms with Crippen LogP contribution in [0.2, 0.25) is 0 Å². The number of benzene rings is 2. The van der Waals surface area contributed by atoms with Crippen molar-refractivity contribution in [1.82, 2.24) is 14.7 Å². The third-order valence-corrected chi connectivity index (χ3v) is 5.03. The monoisotopic (exact) mass is 474 g/mol. The van der Waals surface area contributed by atoms with Crippen molar-refractivity contribution in [3.05, 3.63) is 53.6 Å². The molecule has 4 rings (SSSR count). The molecule has 10 heteroatoms. The molecule has 0 amide bonds. The minimum absolute atomic E-state index is 0.0685. The Bertz CT molecular complexity index is 1490. The number of esters is 1. The lowest BCUT2D eigenvalue weighted by Gasteiger charge is -2.20. The number of carbonyl (C=O) groups is 2. The molecule has 0 unspecified atom stereocenters. The fraction of sp³-hybridized carbons (Fsp3) is 0.240. The molecule has 0 aliphatic heterocycles. The van der Waals surface area contributed by atoms with Gasteiger partial charge >= 0.3 is 12.1 Å². The third kappa shape index (κ3) is 4.44. The van der Waals surface area contributed by atoms with E-state index in [4.69, 9.17) is 18.7 Å². The number of rotatable bonds is 4. The number of methoxy groups -OCH3 is 2. The zero-order valence-corrected chi connectivity index (χ0v) is 19.8. The molecule has 35 heavy (non-hydrogen) atoms. The largest absolute Gasteiger partial charge is 0.497 e. The summed E-state index contributed by atoms with van der Waals surface area (Å²) in [6.07, 6.45) is -0.723. The van der Waals surface area contributed by atoms with Crippen molar-refractivity contribution in [2.24, 2.45) is 0 Å². The van der Waals surface area contributed by atoms with Gasteiger partial charge in [-0.1, -0.05) is 17.3 Å². The average Bonchev–Trinajstić information content (AvgIpc) is 3.44. The first kappa shape index (κ1) is 23.5.